The van der Waals surface area contributed by atoms with Gasteiger partial charge in [-0.2, -0.15) is 0 Å². The van der Waals surface area contributed by atoms with Crippen LogP contribution in [0.25, 0.3) is 0 Å². The Balaban J connectivity index is 0.00000121. The quantitative estimate of drug-likeness (QED) is 0.637. The van der Waals surface area contributed by atoms with Crippen molar-refractivity contribution in [3.63, 3.8) is 0 Å². The molecule has 1 aliphatic heterocycles. The summed E-state index contributed by atoms with van der Waals surface area (Å²) in [6.07, 6.45) is 5.14. The van der Waals surface area contributed by atoms with E-state index in [4.69, 9.17) is 0 Å². The van der Waals surface area contributed by atoms with E-state index in [9.17, 15) is 4.39 Å². The molecule has 0 spiro atoms. The average Bonchev–Trinajstić information content (AvgIpc) is 1.96. The maximum Gasteiger partial charge on any atom is 0.0344 e. The molecule has 63 valence electrons. The van der Waals surface area contributed by atoms with Crippen molar-refractivity contribution in [3.8, 4) is 0 Å². The normalized spacial score (nSPS) is 16.6. The van der Waals surface area contributed by atoms with Crippen LogP contribution in [-0.4, -0.2) is 11.9 Å². The summed E-state index contributed by atoms with van der Waals surface area (Å²) in [4.78, 5) is 1.59. The Bertz CT molecular complexity index is 243. The van der Waals surface area contributed by atoms with Gasteiger partial charge in [-0.25, -0.2) is 4.39 Å². The first-order valence-corrected chi connectivity index (χ1v) is 3.57. The Morgan fingerprint density at radius 3 is 2.75 bits per heavy atom. The predicted octanol–water partition coefficient (Wildman–Crippen LogP) is 2.39. The zero-order chi connectivity index (χ0) is 8.43. The molecule has 0 aromatic rings. The van der Waals surface area contributed by atoms with E-state index in [0.717, 1.165) is 12.0 Å². The van der Waals surface area contributed by atoms with Crippen molar-refractivity contribution >= 4 is 0 Å². The van der Waals surface area contributed by atoms with Crippen molar-refractivity contribution in [3.05, 3.63) is 36.0 Å². The molecule has 0 aliphatic carbocycles. The second-order valence-electron chi connectivity index (χ2n) is 2.52. The monoisotopic (exact) mass is 241 g/mol. The van der Waals surface area contributed by atoms with Gasteiger partial charge in [0.15, 0.2) is 0 Å². The Morgan fingerprint density at radius 1 is 1.67 bits per heavy atom. The molecule has 12 heavy (non-hydrogen) atoms. The molecular weight excluding hydrogens is 230 g/mol. The molecule has 3 heteroatoms. The molecule has 0 atom stereocenters. The zero-order valence-corrected chi connectivity index (χ0v) is 10.2. The van der Waals surface area contributed by atoms with Crippen LogP contribution in [0, 0.1) is 6.20 Å². The van der Waals surface area contributed by atoms with E-state index in [1.165, 1.54) is 0 Å². The van der Waals surface area contributed by atoms with E-state index in [1.807, 2.05) is 13.1 Å². The third-order valence-electron chi connectivity index (χ3n) is 1.66. The molecule has 1 aliphatic rings. The molecule has 0 saturated carbocycles. The molecule has 1 radical (unpaired) electrons. The van der Waals surface area contributed by atoms with Gasteiger partial charge in [-0.1, -0.05) is 19.5 Å². The van der Waals surface area contributed by atoms with Gasteiger partial charge in [0, 0.05) is 38.5 Å². The second kappa shape index (κ2) is 4.93. The Hall–Kier alpha value is 0.0539. The van der Waals surface area contributed by atoms with Gasteiger partial charge in [-0.15, -0.1) is 23.9 Å². The van der Waals surface area contributed by atoms with Crippen molar-refractivity contribution in [2.24, 2.45) is 0 Å². The van der Waals surface area contributed by atoms with Crippen LogP contribution in [0.2, 0.25) is 0 Å². The summed E-state index contributed by atoms with van der Waals surface area (Å²) in [5.41, 5.74) is 1.40. The number of allylic oxidation sites excluding steroid dienone is 3. The van der Waals surface area contributed by atoms with Crippen LogP contribution < -0.4 is 0 Å². The summed E-state index contributed by atoms with van der Waals surface area (Å²) in [5, 5.41) is 0. The molecule has 1 rings (SSSR count). The fourth-order valence-corrected chi connectivity index (χ4v) is 1.01. The van der Waals surface area contributed by atoms with Gasteiger partial charge >= 0.3 is 0 Å². The summed E-state index contributed by atoms with van der Waals surface area (Å²) in [6, 6.07) is 0. The first-order valence-electron chi connectivity index (χ1n) is 3.57. The largest absolute Gasteiger partial charge is 0.461 e. The number of hydrogen-bond acceptors (Lipinski definition) is 1. The van der Waals surface area contributed by atoms with Gasteiger partial charge in [-0.3, -0.25) is 0 Å². The third kappa shape index (κ3) is 2.53. The molecule has 1 heterocycles. The molecular formula is C9H11FNY-. The fourth-order valence-electron chi connectivity index (χ4n) is 1.01. The first kappa shape index (κ1) is 12.1. The number of rotatable bonds is 1. The molecule has 0 aromatic carbocycles. The smallest absolute Gasteiger partial charge is 0.0344 e. The zero-order valence-electron chi connectivity index (χ0n) is 7.39. The Kier molecular flexibility index (Phi) is 4.95. The molecule has 0 unspecified atom stereocenters. The molecule has 0 bridgehead atoms. The van der Waals surface area contributed by atoms with Gasteiger partial charge < -0.3 is 4.90 Å². The summed E-state index contributed by atoms with van der Waals surface area (Å²) in [5.74, 6) is -0.355. The molecule has 0 N–H and O–H groups in total. The average molecular weight is 241 g/mol. The molecule has 0 saturated heterocycles. The van der Waals surface area contributed by atoms with Gasteiger partial charge in [0.25, 0.3) is 0 Å². The molecule has 0 fully saturated rings. The molecule has 0 aromatic heterocycles. The van der Waals surface area contributed by atoms with Crippen LogP contribution in [0.1, 0.15) is 13.3 Å². The van der Waals surface area contributed by atoms with Crippen molar-refractivity contribution in [1.29, 1.82) is 0 Å². The fraction of sp³-hybridized carbons (Fsp3) is 0.333. The minimum absolute atomic E-state index is 0. The third-order valence-corrected chi connectivity index (χ3v) is 1.66. The number of halogens is 1. The maximum absolute atomic E-state index is 12.9. The van der Waals surface area contributed by atoms with Gasteiger partial charge in [0.2, 0.25) is 0 Å². The predicted molar refractivity (Wildman–Crippen MR) is 43.1 cm³/mol. The summed E-state index contributed by atoms with van der Waals surface area (Å²) in [7, 11) is 1.75. The van der Waals surface area contributed by atoms with Crippen LogP contribution in [0.5, 0.6) is 0 Å². The van der Waals surface area contributed by atoms with Crippen molar-refractivity contribution in [2.45, 2.75) is 13.3 Å². The van der Waals surface area contributed by atoms with Crippen LogP contribution in [-0.2, 0) is 32.7 Å². The Labute approximate surface area is 97.9 Å². The van der Waals surface area contributed by atoms with E-state index < -0.39 is 0 Å². The molecule has 0 amide bonds. The van der Waals surface area contributed by atoms with Gasteiger partial charge in [0.05, 0.1) is 0 Å². The van der Waals surface area contributed by atoms with Crippen LogP contribution in [0.4, 0.5) is 4.39 Å². The SMILES string of the molecule is C=C1C(F)=[C-]N(C)C=C1CC.[Y]. The second-order valence-corrected chi connectivity index (χ2v) is 2.52. The van der Waals surface area contributed by atoms with Crippen molar-refractivity contribution in [2.75, 3.05) is 7.05 Å². The van der Waals surface area contributed by atoms with E-state index in [0.29, 0.717) is 5.57 Å². The first-order chi connectivity index (χ1) is 5.15. The van der Waals surface area contributed by atoms with Crippen molar-refractivity contribution < 1.29 is 37.1 Å². The van der Waals surface area contributed by atoms with E-state index in [2.05, 4.69) is 12.8 Å². The van der Waals surface area contributed by atoms with Gasteiger partial charge in [0.1, 0.15) is 0 Å². The standard InChI is InChI=1S/C9H11FN.Y/c1-4-8-5-11(3)6-9(10)7(8)2;/h5H,2,4H2,1,3H3;/q-1;. The topological polar surface area (TPSA) is 3.24 Å². The van der Waals surface area contributed by atoms with Crippen molar-refractivity contribution in [1.82, 2.24) is 4.90 Å². The summed E-state index contributed by atoms with van der Waals surface area (Å²) >= 11 is 0. The summed E-state index contributed by atoms with van der Waals surface area (Å²) < 4.78 is 12.9. The Morgan fingerprint density at radius 2 is 2.25 bits per heavy atom. The van der Waals surface area contributed by atoms with E-state index >= 15 is 0 Å². The minimum Gasteiger partial charge on any atom is -0.461 e. The molecule has 1 nitrogen and oxygen atoms in total. The maximum atomic E-state index is 12.9. The van der Waals surface area contributed by atoms with Gasteiger partial charge in [-0.05, 0) is 7.05 Å². The van der Waals surface area contributed by atoms with Crippen LogP contribution in [0.15, 0.2) is 29.8 Å². The van der Waals surface area contributed by atoms with E-state index in [-0.39, 0.29) is 38.5 Å². The van der Waals surface area contributed by atoms with Crippen LogP contribution in [0.3, 0.4) is 0 Å². The van der Waals surface area contributed by atoms with Crippen LogP contribution >= 0.6 is 0 Å². The number of hydrogen-bond donors (Lipinski definition) is 0. The van der Waals surface area contributed by atoms with E-state index in [1.54, 1.807) is 11.9 Å². The summed E-state index contributed by atoms with van der Waals surface area (Å²) in [6.45, 7) is 5.59. The number of nitrogens with zero attached hydrogens (tertiary/aromatic N) is 1. The minimum atomic E-state index is -0.355.